The van der Waals surface area contributed by atoms with Crippen LogP contribution in [0.3, 0.4) is 0 Å². The molecule has 0 saturated carbocycles. The quantitative estimate of drug-likeness (QED) is 0.221. The van der Waals surface area contributed by atoms with E-state index in [4.69, 9.17) is 9.52 Å². The van der Waals surface area contributed by atoms with Crippen molar-refractivity contribution in [2.75, 3.05) is 13.1 Å². The molecule has 1 aliphatic carbocycles. The Morgan fingerprint density at radius 1 is 0.950 bits per heavy atom. The number of hydrogen-bond donors (Lipinski definition) is 4. The summed E-state index contributed by atoms with van der Waals surface area (Å²) in [4.78, 5) is 24.1. The second-order valence-corrected chi connectivity index (χ2v) is 10.0. The number of aryl methyl sites for hydroxylation is 3. The summed E-state index contributed by atoms with van der Waals surface area (Å²) < 4.78 is 6.72. The minimum absolute atomic E-state index is 0.117. The number of phenolic OH excluding ortho intramolecular Hbond substituents is 1. The molecule has 0 radical (unpaired) electrons. The third kappa shape index (κ3) is 5.91. The molecular weight excluding hydrogens is 510 g/mol. The summed E-state index contributed by atoms with van der Waals surface area (Å²) in [6.45, 7) is 4.23. The second-order valence-electron chi connectivity index (χ2n) is 10.0. The van der Waals surface area contributed by atoms with E-state index in [1.54, 1.807) is 19.1 Å². The van der Waals surface area contributed by atoms with Crippen molar-refractivity contribution < 1.29 is 19.4 Å². The van der Waals surface area contributed by atoms with Gasteiger partial charge in [0.05, 0.1) is 16.9 Å². The maximum absolute atomic E-state index is 13.1. The van der Waals surface area contributed by atoms with Crippen LogP contribution in [0.5, 0.6) is 5.75 Å². The molecule has 2 aliphatic rings. The van der Waals surface area contributed by atoms with Crippen molar-refractivity contribution in [1.82, 2.24) is 15.1 Å². The van der Waals surface area contributed by atoms with Gasteiger partial charge in [-0.3, -0.25) is 9.89 Å². The molecule has 1 saturated heterocycles. The van der Waals surface area contributed by atoms with Crippen LogP contribution in [0, 0.1) is 6.92 Å². The maximum Gasteiger partial charge on any atom is 0.371 e. The summed E-state index contributed by atoms with van der Waals surface area (Å²) in [6.07, 6.45) is 8.61. The van der Waals surface area contributed by atoms with Gasteiger partial charge in [0.25, 0.3) is 5.56 Å². The van der Waals surface area contributed by atoms with E-state index in [1.165, 1.54) is 72.8 Å². The summed E-state index contributed by atoms with van der Waals surface area (Å²) in [5.74, 6) is -1.51. The highest BCUT2D eigenvalue weighted by molar-refractivity contribution is 5.85. The van der Waals surface area contributed by atoms with E-state index in [2.05, 4.69) is 26.7 Å². The Kier molecular flexibility index (Phi) is 8.26. The fraction of sp³-hybridized carbons (Fsp3) is 0.333. The lowest BCUT2D eigenvalue weighted by molar-refractivity contribution is 0.0663. The van der Waals surface area contributed by atoms with E-state index in [0.717, 1.165) is 24.9 Å². The standard InChI is InChI=1S/C25H22N4O5.C5H11N/c1-14-22(24(31)29(28-14)17-10-9-15-5-2-3-6-16(15)13-17)27-26-19-8-4-7-18(23(19)30)20-11-12-21(34-20)25(32)33;1-2-4-6-5-3-1/h4,7-13,28,30H,2-3,5-6H2,1H3,(H,32,33);6H,1-5H2. The second kappa shape index (κ2) is 12.2. The zero-order valence-corrected chi connectivity index (χ0v) is 22.4. The van der Waals surface area contributed by atoms with Crippen molar-refractivity contribution in [2.24, 2.45) is 10.2 Å². The molecule has 1 aliphatic heterocycles. The Morgan fingerprint density at radius 3 is 2.40 bits per heavy atom. The number of aromatic amines is 1. The van der Waals surface area contributed by atoms with Gasteiger partial charge in [-0.05, 0) is 106 Å². The largest absolute Gasteiger partial charge is 0.505 e. The van der Waals surface area contributed by atoms with Gasteiger partial charge in [0.1, 0.15) is 11.4 Å². The topological polar surface area (TPSA) is 145 Å². The number of fused-ring (bicyclic) bond motifs is 1. The van der Waals surface area contributed by atoms with Gasteiger partial charge in [0, 0.05) is 0 Å². The van der Waals surface area contributed by atoms with Gasteiger partial charge in [-0.2, -0.15) is 0 Å². The Labute approximate surface area is 231 Å². The number of carboxylic acids is 1. The molecule has 0 bridgehead atoms. The van der Waals surface area contributed by atoms with E-state index < -0.39 is 5.97 Å². The summed E-state index contributed by atoms with van der Waals surface area (Å²) >= 11 is 0. The van der Waals surface area contributed by atoms with Crippen LogP contribution in [0.15, 0.2) is 68.0 Å². The van der Waals surface area contributed by atoms with Gasteiger partial charge < -0.3 is 19.9 Å². The van der Waals surface area contributed by atoms with Crippen molar-refractivity contribution in [2.45, 2.75) is 51.9 Å². The zero-order chi connectivity index (χ0) is 28.1. The molecule has 4 N–H and O–H groups in total. The normalized spacial score (nSPS) is 14.9. The predicted molar refractivity (Wildman–Crippen MR) is 151 cm³/mol. The lowest BCUT2D eigenvalue weighted by atomic mass is 9.91. The van der Waals surface area contributed by atoms with Gasteiger partial charge in [-0.15, -0.1) is 10.2 Å². The fourth-order valence-corrected chi connectivity index (χ4v) is 5.01. The van der Waals surface area contributed by atoms with Crippen LogP contribution in [0.2, 0.25) is 0 Å². The molecule has 4 aromatic rings. The lowest BCUT2D eigenvalue weighted by Gasteiger charge is -2.16. The number of aromatic nitrogens is 2. The number of aromatic hydroxyl groups is 1. The minimum Gasteiger partial charge on any atom is -0.505 e. The summed E-state index contributed by atoms with van der Waals surface area (Å²) in [7, 11) is 0. The number of nitrogens with zero attached hydrogens (tertiary/aromatic N) is 3. The number of para-hydroxylation sites is 1. The third-order valence-corrected chi connectivity index (χ3v) is 7.19. The summed E-state index contributed by atoms with van der Waals surface area (Å²) in [5.41, 5.74) is 4.04. The maximum atomic E-state index is 13.1. The first-order valence-corrected chi connectivity index (χ1v) is 13.6. The molecule has 2 aromatic heterocycles. The Bertz CT molecular complexity index is 1580. The first-order valence-electron chi connectivity index (χ1n) is 13.6. The van der Waals surface area contributed by atoms with Crippen molar-refractivity contribution in [3.8, 4) is 22.8 Å². The monoisotopic (exact) mass is 543 g/mol. The van der Waals surface area contributed by atoms with E-state index >= 15 is 0 Å². The smallest absolute Gasteiger partial charge is 0.371 e. The van der Waals surface area contributed by atoms with Crippen LogP contribution in [0.25, 0.3) is 17.0 Å². The molecule has 1 fully saturated rings. The third-order valence-electron chi connectivity index (χ3n) is 7.19. The SMILES string of the molecule is C1CCNCC1.Cc1[nH]n(-c2ccc3c(c2)CCCC3)c(=O)c1N=Nc1cccc(-c2ccc(C(=O)O)o2)c1O. The average Bonchev–Trinajstić information content (AvgIpc) is 3.58. The number of furan rings is 1. The lowest BCUT2D eigenvalue weighted by Crippen LogP contribution is -2.21. The van der Waals surface area contributed by atoms with E-state index in [0.29, 0.717) is 5.69 Å². The molecule has 0 atom stereocenters. The molecule has 0 amide bonds. The predicted octanol–water partition coefficient (Wildman–Crippen LogP) is 6.19. The van der Waals surface area contributed by atoms with Crippen LogP contribution in [0.4, 0.5) is 11.4 Å². The number of rotatable bonds is 5. The molecule has 3 heterocycles. The van der Waals surface area contributed by atoms with E-state index in [1.807, 2.05) is 12.1 Å². The number of nitrogens with one attached hydrogen (secondary N) is 2. The molecule has 0 unspecified atom stereocenters. The van der Waals surface area contributed by atoms with E-state index in [9.17, 15) is 14.7 Å². The van der Waals surface area contributed by atoms with Crippen molar-refractivity contribution >= 4 is 17.3 Å². The van der Waals surface area contributed by atoms with Crippen molar-refractivity contribution in [1.29, 1.82) is 0 Å². The zero-order valence-electron chi connectivity index (χ0n) is 22.4. The highest BCUT2D eigenvalue weighted by atomic mass is 16.4. The summed E-state index contributed by atoms with van der Waals surface area (Å²) in [6, 6.07) is 13.5. The highest BCUT2D eigenvalue weighted by Gasteiger charge is 2.17. The van der Waals surface area contributed by atoms with Gasteiger partial charge in [-0.1, -0.05) is 18.6 Å². The van der Waals surface area contributed by atoms with Crippen LogP contribution >= 0.6 is 0 Å². The molecule has 0 spiro atoms. The Balaban J connectivity index is 0.000000477. The number of piperidine rings is 1. The molecule has 208 valence electrons. The molecule has 10 nitrogen and oxygen atoms in total. The first-order chi connectivity index (χ1) is 19.4. The van der Waals surface area contributed by atoms with Crippen molar-refractivity contribution in [3.05, 3.63) is 81.5 Å². The van der Waals surface area contributed by atoms with Gasteiger partial charge >= 0.3 is 5.97 Å². The number of carboxylic acid groups (broad SMARTS) is 1. The minimum atomic E-state index is -1.21. The highest BCUT2D eigenvalue weighted by Crippen LogP contribution is 2.38. The molecule has 6 rings (SSSR count). The van der Waals surface area contributed by atoms with Gasteiger partial charge in [-0.25, -0.2) is 9.48 Å². The number of phenols is 1. The number of carbonyl (C=O) groups is 1. The number of aromatic carboxylic acids is 1. The van der Waals surface area contributed by atoms with Gasteiger partial charge in [0.2, 0.25) is 5.76 Å². The number of benzene rings is 2. The van der Waals surface area contributed by atoms with Crippen LogP contribution in [-0.4, -0.2) is 39.1 Å². The van der Waals surface area contributed by atoms with E-state index in [-0.39, 0.29) is 39.8 Å². The number of azo groups is 1. The van der Waals surface area contributed by atoms with Gasteiger partial charge in [0.15, 0.2) is 11.4 Å². The van der Waals surface area contributed by atoms with Crippen LogP contribution < -0.4 is 10.9 Å². The Hall–Kier alpha value is -4.44. The molecular formula is C30H33N5O5. The Morgan fingerprint density at radius 2 is 1.73 bits per heavy atom. The number of H-pyrrole nitrogens is 1. The first kappa shape index (κ1) is 27.1. The molecule has 40 heavy (non-hydrogen) atoms. The average molecular weight is 544 g/mol. The van der Waals surface area contributed by atoms with Crippen LogP contribution in [0.1, 0.15) is 59.5 Å². The fourth-order valence-electron chi connectivity index (χ4n) is 5.01. The molecule has 10 heteroatoms. The molecule has 2 aromatic carbocycles. The number of hydrogen-bond acceptors (Lipinski definition) is 7. The summed E-state index contributed by atoms with van der Waals surface area (Å²) in [5, 5.41) is 34.2. The van der Waals surface area contributed by atoms with Crippen molar-refractivity contribution in [3.63, 3.8) is 0 Å². The van der Waals surface area contributed by atoms with Crippen LogP contribution in [-0.2, 0) is 12.8 Å².